The van der Waals surface area contributed by atoms with E-state index in [1.165, 1.54) is 0 Å². The summed E-state index contributed by atoms with van der Waals surface area (Å²) in [6.45, 7) is 4.39. The number of hydrogen-bond acceptors (Lipinski definition) is 9. The van der Waals surface area contributed by atoms with Gasteiger partial charge in [-0.2, -0.15) is 10.5 Å². The number of nitrogens with two attached hydrogens (primary N) is 2. The Balaban J connectivity index is 2.11. The number of benzene rings is 1. The van der Waals surface area contributed by atoms with E-state index in [0.717, 1.165) is 11.1 Å². The van der Waals surface area contributed by atoms with Gasteiger partial charge >= 0.3 is 0 Å². The Kier molecular flexibility index (Phi) is 5.30. The summed E-state index contributed by atoms with van der Waals surface area (Å²) >= 11 is 0. The molecule has 0 spiro atoms. The predicted octanol–water partition coefficient (Wildman–Crippen LogP) is 1.98. The zero-order chi connectivity index (χ0) is 20.3. The second-order valence-corrected chi connectivity index (χ2v) is 6.51. The molecule has 9 heteroatoms. The molecule has 0 aliphatic carbocycles. The first-order valence-electron chi connectivity index (χ1n) is 8.63. The van der Waals surface area contributed by atoms with E-state index in [1.807, 2.05) is 50.4 Å². The van der Waals surface area contributed by atoms with Crippen LogP contribution in [0.5, 0.6) is 0 Å². The molecule has 1 aromatic heterocycles. The average Bonchev–Trinajstić information content (AvgIpc) is 2.66. The van der Waals surface area contributed by atoms with Gasteiger partial charge in [0, 0.05) is 5.56 Å². The summed E-state index contributed by atoms with van der Waals surface area (Å²) in [7, 11) is 0. The van der Waals surface area contributed by atoms with Gasteiger partial charge in [0.05, 0.1) is 18.4 Å². The minimum atomic E-state index is -0.564. The maximum Gasteiger partial charge on any atom is 0.211 e. The zero-order valence-corrected chi connectivity index (χ0v) is 15.5. The van der Waals surface area contributed by atoms with Crippen LogP contribution in [0.15, 0.2) is 29.3 Å². The molecule has 0 amide bonds. The number of guanidine groups is 1. The van der Waals surface area contributed by atoms with Gasteiger partial charge in [0.15, 0.2) is 6.19 Å². The van der Waals surface area contributed by atoms with Gasteiger partial charge in [-0.1, -0.05) is 24.3 Å². The highest BCUT2D eigenvalue weighted by Gasteiger charge is 2.29. The molecule has 1 atom stereocenters. The largest absolute Gasteiger partial charge is 0.397 e. The first-order chi connectivity index (χ1) is 13.4. The lowest BCUT2D eigenvalue weighted by atomic mass is 9.94. The summed E-state index contributed by atoms with van der Waals surface area (Å²) < 4.78 is 5.68. The van der Waals surface area contributed by atoms with Crippen LogP contribution in [0.3, 0.4) is 0 Å². The second kappa shape index (κ2) is 7.82. The Bertz CT molecular complexity index is 1020. The van der Waals surface area contributed by atoms with Crippen LogP contribution < -0.4 is 22.1 Å². The number of nitriles is 2. The van der Waals surface area contributed by atoms with Crippen molar-refractivity contribution in [3.05, 3.63) is 46.5 Å². The highest BCUT2D eigenvalue weighted by Crippen LogP contribution is 2.40. The quantitative estimate of drug-likeness (QED) is 0.466. The molecule has 28 heavy (non-hydrogen) atoms. The van der Waals surface area contributed by atoms with E-state index >= 15 is 0 Å². The van der Waals surface area contributed by atoms with Crippen molar-refractivity contribution in [2.75, 3.05) is 16.8 Å². The van der Waals surface area contributed by atoms with Crippen LogP contribution in [-0.4, -0.2) is 17.0 Å². The van der Waals surface area contributed by atoms with Gasteiger partial charge in [0.25, 0.3) is 0 Å². The number of ether oxygens (including phenoxy) is 1. The molecule has 1 aliphatic rings. The topological polar surface area (TPSA) is 158 Å². The van der Waals surface area contributed by atoms with Crippen molar-refractivity contribution in [1.29, 1.82) is 10.5 Å². The van der Waals surface area contributed by atoms with E-state index in [1.54, 1.807) is 0 Å². The third-order valence-electron chi connectivity index (χ3n) is 4.21. The van der Waals surface area contributed by atoms with Crippen LogP contribution in [0.1, 0.15) is 42.1 Å². The standard InChI is InChI=1S/C19H20N8O/c1-10(2)28-8-11-4-3-5-12(6-11)16-14-15(22)13(7-20)17(23)26-18(14)27-19(25-16)24-9-21/h3-6,10,16H,8H2,1-2H3,(H6,22,23,24,25,26,27). The number of pyridine rings is 1. The maximum absolute atomic E-state index is 9.38. The van der Waals surface area contributed by atoms with Crippen LogP contribution in [0, 0.1) is 22.8 Å². The molecular formula is C19H20N8O. The molecule has 1 aromatic carbocycles. The summed E-state index contributed by atoms with van der Waals surface area (Å²) in [5.74, 6) is 0.595. The molecule has 0 radical (unpaired) electrons. The van der Waals surface area contributed by atoms with Crippen molar-refractivity contribution in [3.8, 4) is 12.3 Å². The van der Waals surface area contributed by atoms with E-state index in [-0.39, 0.29) is 29.1 Å². The lowest BCUT2D eigenvalue weighted by molar-refractivity contribution is 0.0657. The fourth-order valence-corrected chi connectivity index (χ4v) is 2.94. The lowest BCUT2D eigenvalue weighted by Gasteiger charge is -2.26. The SMILES string of the molecule is CC(C)OCc1cccc(C2N=C(NC#N)Nc3nc(N)c(C#N)c(N)c32)c1. The second-order valence-electron chi connectivity index (χ2n) is 6.51. The van der Waals surface area contributed by atoms with Gasteiger partial charge in [0.2, 0.25) is 5.96 Å². The molecule has 3 rings (SSSR count). The van der Waals surface area contributed by atoms with Gasteiger partial charge in [-0.25, -0.2) is 9.98 Å². The summed E-state index contributed by atoms with van der Waals surface area (Å²) in [5.41, 5.74) is 14.8. The number of fused-ring (bicyclic) bond motifs is 1. The number of nitrogens with zero attached hydrogens (tertiary/aromatic N) is 4. The normalized spacial score (nSPS) is 15.0. The summed E-state index contributed by atoms with van der Waals surface area (Å²) in [6, 6.07) is 9.13. The molecule has 2 heterocycles. The van der Waals surface area contributed by atoms with Gasteiger partial charge in [-0.05, 0) is 25.0 Å². The van der Waals surface area contributed by atoms with E-state index in [0.29, 0.717) is 18.0 Å². The molecule has 0 bridgehead atoms. The fraction of sp³-hybridized carbons (Fsp3) is 0.263. The summed E-state index contributed by atoms with van der Waals surface area (Å²) in [5, 5.41) is 23.7. The van der Waals surface area contributed by atoms with Crippen molar-refractivity contribution >= 4 is 23.3 Å². The van der Waals surface area contributed by atoms with E-state index in [2.05, 4.69) is 20.6 Å². The number of hydrogen-bond donors (Lipinski definition) is 4. The Morgan fingerprint density at radius 2 is 2.11 bits per heavy atom. The van der Waals surface area contributed by atoms with Gasteiger partial charge in [-0.3, -0.25) is 5.32 Å². The number of aromatic nitrogens is 1. The molecule has 1 unspecified atom stereocenters. The van der Waals surface area contributed by atoms with Gasteiger partial charge in [-0.15, -0.1) is 0 Å². The Labute approximate surface area is 162 Å². The first kappa shape index (κ1) is 19.0. The third-order valence-corrected chi connectivity index (χ3v) is 4.21. The molecule has 142 valence electrons. The van der Waals surface area contributed by atoms with Crippen LogP contribution in [0.4, 0.5) is 17.3 Å². The summed E-state index contributed by atoms with van der Waals surface area (Å²) in [4.78, 5) is 8.79. The summed E-state index contributed by atoms with van der Waals surface area (Å²) in [6.07, 6.45) is 1.94. The Hall–Kier alpha value is -3.82. The number of rotatable bonds is 4. The number of nitrogen functional groups attached to an aromatic ring is 2. The van der Waals surface area contributed by atoms with Crippen molar-refractivity contribution < 1.29 is 4.74 Å². The molecule has 1 aliphatic heterocycles. The van der Waals surface area contributed by atoms with Gasteiger partial charge in [0.1, 0.15) is 29.3 Å². The lowest BCUT2D eigenvalue weighted by Crippen LogP contribution is -2.32. The van der Waals surface area contributed by atoms with Crippen molar-refractivity contribution in [2.24, 2.45) is 4.99 Å². The Morgan fingerprint density at radius 3 is 2.79 bits per heavy atom. The van der Waals surface area contributed by atoms with E-state index in [4.69, 9.17) is 21.5 Å². The first-order valence-corrected chi connectivity index (χ1v) is 8.63. The third kappa shape index (κ3) is 3.65. The molecule has 9 nitrogen and oxygen atoms in total. The molecular weight excluding hydrogens is 356 g/mol. The van der Waals surface area contributed by atoms with Crippen molar-refractivity contribution in [3.63, 3.8) is 0 Å². The smallest absolute Gasteiger partial charge is 0.211 e. The number of aliphatic imine (C=N–C) groups is 1. The monoisotopic (exact) mass is 376 g/mol. The van der Waals surface area contributed by atoms with E-state index < -0.39 is 6.04 Å². The fourth-order valence-electron chi connectivity index (χ4n) is 2.94. The average molecular weight is 376 g/mol. The molecule has 6 N–H and O–H groups in total. The highest BCUT2D eigenvalue weighted by molar-refractivity contribution is 5.98. The van der Waals surface area contributed by atoms with Crippen molar-refractivity contribution in [2.45, 2.75) is 32.6 Å². The van der Waals surface area contributed by atoms with Crippen molar-refractivity contribution in [1.82, 2.24) is 10.3 Å². The zero-order valence-electron chi connectivity index (χ0n) is 15.5. The molecule has 0 fully saturated rings. The molecule has 0 saturated carbocycles. The van der Waals surface area contributed by atoms with Crippen LogP contribution in [0.2, 0.25) is 0 Å². The maximum atomic E-state index is 9.38. The predicted molar refractivity (Wildman–Crippen MR) is 106 cm³/mol. The molecule has 2 aromatic rings. The van der Waals surface area contributed by atoms with Crippen LogP contribution in [-0.2, 0) is 11.3 Å². The number of anilines is 3. The van der Waals surface area contributed by atoms with E-state index in [9.17, 15) is 5.26 Å². The van der Waals surface area contributed by atoms with Crippen LogP contribution >= 0.6 is 0 Å². The highest BCUT2D eigenvalue weighted by atomic mass is 16.5. The van der Waals surface area contributed by atoms with Gasteiger partial charge < -0.3 is 21.5 Å². The van der Waals surface area contributed by atoms with Crippen LogP contribution in [0.25, 0.3) is 0 Å². The minimum absolute atomic E-state index is 0.0160. The molecule has 0 saturated heterocycles. The number of nitrogens with one attached hydrogen (secondary N) is 2. The minimum Gasteiger partial charge on any atom is -0.397 e. The Morgan fingerprint density at radius 1 is 1.32 bits per heavy atom.